The van der Waals surface area contributed by atoms with E-state index in [1.165, 1.54) is 82.1 Å². The van der Waals surface area contributed by atoms with Crippen molar-refractivity contribution in [2.24, 2.45) is 22.7 Å². The van der Waals surface area contributed by atoms with E-state index in [-0.39, 0.29) is 22.0 Å². The summed E-state index contributed by atoms with van der Waals surface area (Å²) in [5, 5.41) is 3.19. The maximum atomic E-state index is 13.4. The Morgan fingerprint density at radius 3 is 2.30 bits per heavy atom. The molecule has 0 amide bonds. The number of hydrogen-bond donors (Lipinski definition) is 2. The number of H-pyrrole nitrogens is 1. The number of aryl methyl sites for hydroxylation is 1. The zero-order valence-electron chi connectivity index (χ0n) is 24.2. The summed E-state index contributed by atoms with van der Waals surface area (Å²) < 4.78 is 34.8. The molecule has 4 aromatic rings. The summed E-state index contributed by atoms with van der Waals surface area (Å²) in [6, 6.07) is 14.6. The van der Waals surface area contributed by atoms with Gasteiger partial charge in [0.05, 0.1) is 35.1 Å². The average molecular weight is 599 g/mol. The quantitative estimate of drug-likeness (QED) is 0.265. The monoisotopic (exact) mass is 598 g/mol. The van der Waals surface area contributed by atoms with Gasteiger partial charge in [0.2, 0.25) is 0 Å². The zero-order valence-corrected chi connectivity index (χ0v) is 25.0. The highest BCUT2D eigenvalue weighted by atomic mass is 32.2. The molecular formula is C32H34N6O4S. The molecule has 4 fully saturated rings. The normalized spacial score (nSPS) is 24.5. The summed E-state index contributed by atoms with van der Waals surface area (Å²) in [7, 11) is -2.51. The first-order valence-electron chi connectivity index (χ1n) is 14.7. The lowest BCUT2D eigenvalue weighted by molar-refractivity contribution is -0.00518. The second-order valence-corrected chi connectivity index (χ2v) is 14.0. The number of nitrogens with one attached hydrogen (secondary N) is 2. The predicted molar refractivity (Wildman–Crippen MR) is 164 cm³/mol. The van der Waals surface area contributed by atoms with Crippen molar-refractivity contribution in [3.63, 3.8) is 0 Å². The SMILES string of the molecule is COc1cncnc1NS(=O)(=O)c1ccc(N=Cc2c(C)[nH]n(-c3ccc(C45CC6CC(CC(C6)C4)C5)cc3)c2=O)cc1. The van der Waals surface area contributed by atoms with Gasteiger partial charge in [0.25, 0.3) is 15.6 Å². The molecule has 0 unspecified atom stereocenters. The van der Waals surface area contributed by atoms with Gasteiger partial charge in [-0.3, -0.25) is 19.6 Å². The van der Waals surface area contributed by atoms with Gasteiger partial charge in [-0.05, 0) is 111 Å². The summed E-state index contributed by atoms with van der Waals surface area (Å²) in [6.45, 7) is 1.84. The number of ether oxygens (including phenoxy) is 1. The standard InChI is InChI=1S/C32H34N6O4S/c1-20-28(17-34-25-5-9-27(10-6-25)43(40,41)37-30-29(42-2)18-33-19-35-30)31(39)38(36-20)26-7-3-24(4-8-26)32-14-21-11-22(15-32)13-23(12-21)16-32/h3-10,17-19,21-23,36H,11-16H2,1-2H3,(H,33,35,37). The Morgan fingerprint density at radius 1 is 1.02 bits per heavy atom. The van der Waals surface area contributed by atoms with E-state index in [4.69, 9.17) is 4.74 Å². The highest BCUT2D eigenvalue weighted by Gasteiger charge is 2.51. The minimum Gasteiger partial charge on any atom is -0.491 e. The Labute approximate surface area is 250 Å². The van der Waals surface area contributed by atoms with Gasteiger partial charge >= 0.3 is 0 Å². The van der Waals surface area contributed by atoms with Crippen LogP contribution in [0, 0.1) is 24.7 Å². The van der Waals surface area contributed by atoms with Crippen LogP contribution in [0.5, 0.6) is 5.75 Å². The molecule has 2 aromatic carbocycles. The molecule has 8 rings (SSSR count). The summed E-state index contributed by atoms with van der Waals surface area (Å²) in [5.41, 5.74) is 3.99. The summed E-state index contributed by atoms with van der Waals surface area (Å²) in [5.74, 6) is 2.89. The smallest absolute Gasteiger partial charge is 0.280 e. The third-order valence-electron chi connectivity index (χ3n) is 9.51. The largest absolute Gasteiger partial charge is 0.491 e. The van der Waals surface area contributed by atoms with Crippen LogP contribution in [-0.4, -0.2) is 41.5 Å². The van der Waals surface area contributed by atoms with E-state index in [2.05, 4.69) is 49.0 Å². The van der Waals surface area contributed by atoms with Crippen molar-refractivity contribution in [3.8, 4) is 11.4 Å². The van der Waals surface area contributed by atoms with E-state index in [9.17, 15) is 13.2 Å². The Bertz CT molecular complexity index is 1820. The van der Waals surface area contributed by atoms with Gasteiger partial charge in [0, 0.05) is 11.9 Å². The highest BCUT2D eigenvalue weighted by Crippen LogP contribution is 2.60. The van der Waals surface area contributed by atoms with Crippen molar-refractivity contribution in [1.29, 1.82) is 0 Å². The van der Waals surface area contributed by atoms with E-state index in [0.717, 1.165) is 23.4 Å². The predicted octanol–water partition coefficient (Wildman–Crippen LogP) is 5.29. The zero-order chi connectivity index (χ0) is 29.8. The van der Waals surface area contributed by atoms with Crippen molar-refractivity contribution in [3.05, 3.63) is 88.2 Å². The number of aromatic nitrogens is 4. The van der Waals surface area contributed by atoms with Crippen molar-refractivity contribution in [2.45, 2.75) is 55.8 Å². The molecule has 0 saturated heterocycles. The molecule has 0 radical (unpaired) electrons. The van der Waals surface area contributed by atoms with E-state index in [0.29, 0.717) is 22.4 Å². The molecule has 4 saturated carbocycles. The summed E-state index contributed by atoms with van der Waals surface area (Å²) in [4.78, 5) is 25.6. The number of rotatable bonds is 8. The van der Waals surface area contributed by atoms with E-state index < -0.39 is 10.0 Å². The van der Waals surface area contributed by atoms with Gasteiger partial charge in [-0.2, -0.15) is 0 Å². The molecule has 222 valence electrons. The van der Waals surface area contributed by atoms with Gasteiger partial charge in [0.15, 0.2) is 11.6 Å². The highest BCUT2D eigenvalue weighted by molar-refractivity contribution is 7.92. The van der Waals surface area contributed by atoms with Gasteiger partial charge in [0.1, 0.15) is 6.33 Å². The number of benzene rings is 2. The van der Waals surface area contributed by atoms with Gasteiger partial charge in [-0.15, -0.1) is 0 Å². The molecule has 2 heterocycles. The Hall–Kier alpha value is -4.25. The Kier molecular flexibility index (Phi) is 6.72. The van der Waals surface area contributed by atoms with Crippen LogP contribution in [0.25, 0.3) is 5.69 Å². The maximum absolute atomic E-state index is 13.4. The number of nitrogens with zero attached hydrogens (tertiary/aromatic N) is 4. The Morgan fingerprint density at radius 2 is 1.67 bits per heavy atom. The van der Waals surface area contributed by atoms with Crippen LogP contribution >= 0.6 is 0 Å². The van der Waals surface area contributed by atoms with Crippen molar-refractivity contribution >= 4 is 27.7 Å². The van der Waals surface area contributed by atoms with Crippen LogP contribution in [0.1, 0.15) is 55.3 Å². The lowest BCUT2D eigenvalue weighted by Gasteiger charge is -2.57. The molecule has 4 bridgehead atoms. The van der Waals surface area contributed by atoms with Gasteiger partial charge in [-0.25, -0.2) is 23.1 Å². The first kappa shape index (κ1) is 27.6. The Balaban J connectivity index is 1.07. The fourth-order valence-electron chi connectivity index (χ4n) is 7.90. The van der Waals surface area contributed by atoms with Crippen LogP contribution in [0.15, 0.2) is 75.7 Å². The molecule has 43 heavy (non-hydrogen) atoms. The number of methoxy groups -OCH3 is 1. The molecule has 0 aliphatic heterocycles. The second kappa shape index (κ2) is 10.5. The first-order valence-corrected chi connectivity index (χ1v) is 16.1. The third kappa shape index (κ3) is 5.05. The summed E-state index contributed by atoms with van der Waals surface area (Å²) in [6.07, 6.45) is 12.3. The lowest BCUT2D eigenvalue weighted by Crippen LogP contribution is -2.48. The number of anilines is 1. The van der Waals surface area contributed by atoms with Crippen LogP contribution < -0.4 is 15.0 Å². The summed E-state index contributed by atoms with van der Waals surface area (Å²) >= 11 is 0. The lowest BCUT2D eigenvalue weighted by atomic mass is 9.48. The molecule has 0 atom stereocenters. The second-order valence-electron chi connectivity index (χ2n) is 12.3. The molecule has 11 heteroatoms. The molecule has 4 aliphatic rings. The number of hydrogen-bond acceptors (Lipinski definition) is 7. The topological polar surface area (TPSA) is 131 Å². The number of sulfonamides is 1. The molecule has 2 aromatic heterocycles. The minimum atomic E-state index is -3.92. The van der Waals surface area contributed by atoms with E-state index >= 15 is 0 Å². The van der Waals surface area contributed by atoms with Crippen molar-refractivity contribution in [2.75, 3.05) is 11.8 Å². The van der Waals surface area contributed by atoms with Crippen LogP contribution in [-0.2, 0) is 15.4 Å². The fraction of sp³-hybridized carbons (Fsp3) is 0.375. The third-order valence-corrected chi connectivity index (χ3v) is 10.9. The van der Waals surface area contributed by atoms with E-state index in [1.54, 1.807) is 16.8 Å². The number of aliphatic imine (C=N–C) groups is 1. The van der Waals surface area contributed by atoms with E-state index in [1.807, 2.05) is 6.92 Å². The van der Waals surface area contributed by atoms with Crippen LogP contribution in [0.2, 0.25) is 0 Å². The average Bonchev–Trinajstić information content (AvgIpc) is 3.28. The van der Waals surface area contributed by atoms with Crippen molar-refractivity contribution < 1.29 is 13.2 Å². The van der Waals surface area contributed by atoms with Gasteiger partial charge < -0.3 is 4.74 Å². The molecule has 10 nitrogen and oxygen atoms in total. The molecule has 2 N–H and O–H groups in total. The van der Waals surface area contributed by atoms with Crippen LogP contribution in [0.3, 0.4) is 0 Å². The fourth-order valence-corrected chi connectivity index (χ4v) is 8.92. The minimum absolute atomic E-state index is 0.0317. The van der Waals surface area contributed by atoms with Gasteiger partial charge in [-0.1, -0.05) is 12.1 Å². The van der Waals surface area contributed by atoms with Crippen molar-refractivity contribution in [1.82, 2.24) is 19.7 Å². The first-order chi connectivity index (χ1) is 20.7. The molecular weight excluding hydrogens is 564 g/mol. The maximum Gasteiger partial charge on any atom is 0.280 e. The molecule has 4 aliphatic carbocycles. The number of aromatic amines is 1. The molecule has 0 spiro atoms. The van der Waals surface area contributed by atoms with Crippen LogP contribution in [0.4, 0.5) is 11.5 Å².